The summed E-state index contributed by atoms with van der Waals surface area (Å²) in [5, 5.41) is 0. The van der Waals surface area contributed by atoms with Crippen LogP contribution in [-0.4, -0.2) is 51.1 Å². The molecule has 0 aromatic heterocycles. The second-order valence-corrected chi connectivity index (χ2v) is 8.43. The molecule has 1 saturated heterocycles. The van der Waals surface area contributed by atoms with Crippen molar-refractivity contribution in [1.82, 2.24) is 4.90 Å². The second-order valence-electron chi connectivity index (χ2n) is 6.41. The third-order valence-electron chi connectivity index (χ3n) is 4.19. The minimum atomic E-state index is -3.41. The van der Waals surface area contributed by atoms with Crippen LogP contribution in [0.25, 0.3) is 0 Å². The van der Waals surface area contributed by atoms with Gasteiger partial charge in [-0.15, -0.1) is 0 Å². The molecule has 1 aromatic rings. The fraction of sp³-hybridized carbons (Fsp3) is 0.529. The van der Waals surface area contributed by atoms with E-state index in [0.29, 0.717) is 24.6 Å². The Kier molecular flexibility index (Phi) is 5.64. The number of likely N-dealkylation sites (tertiary alicyclic amines) is 1. The Morgan fingerprint density at radius 2 is 2.04 bits per heavy atom. The number of ether oxygens (including phenoxy) is 1. The van der Waals surface area contributed by atoms with Gasteiger partial charge in [-0.25, -0.2) is 13.2 Å². The molecule has 1 amide bonds. The molecule has 1 fully saturated rings. The normalized spacial score (nSPS) is 18.3. The van der Waals surface area contributed by atoms with E-state index in [4.69, 9.17) is 4.74 Å². The first-order valence-corrected chi connectivity index (χ1v) is 9.83. The van der Waals surface area contributed by atoms with Gasteiger partial charge in [0.2, 0.25) is 0 Å². The predicted molar refractivity (Wildman–Crippen MR) is 89.5 cm³/mol. The van der Waals surface area contributed by atoms with Gasteiger partial charge in [-0.3, -0.25) is 4.79 Å². The van der Waals surface area contributed by atoms with Gasteiger partial charge in [0, 0.05) is 19.3 Å². The summed E-state index contributed by atoms with van der Waals surface area (Å²) in [5.41, 5.74) is 0.768. The molecular weight excluding hydrogens is 330 g/mol. The van der Waals surface area contributed by atoms with Crippen molar-refractivity contribution >= 4 is 21.7 Å². The van der Waals surface area contributed by atoms with Crippen LogP contribution in [0, 0.1) is 12.8 Å². The highest BCUT2D eigenvalue weighted by Gasteiger charge is 2.23. The molecule has 2 rings (SSSR count). The minimum absolute atomic E-state index is 0.0521. The number of rotatable bonds is 4. The van der Waals surface area contributed by atoms with Crippen molar-refractivity contribution in [2.75, 3.05) is 26.0 Å². The molecule has 132 valence electrons. The number of nitrogens with zero attached hydrogens (tertiary/aromatic N) is 1. The van der Waals surface area contributed by atoms with Crippen molar-refractivity contribution in [3.05, 3.63) is 29.3 Å². The Hall–Kier alpha value is -1.89. The Morgan fingerprint density at radius 1 is 1.33 bits per heavy atom. The summed E-state index contributed by atoms with van der Waals surface area (Å²) in [4.78, 5) is 26.1. The van der Waals surface area contributed by atoms with Gasteiger partial charge < -0.3 is 9.64 Å². The zero-order chi connectivity index (χ0) is 17.9. The maximum Gasteiger partial charge on any atom is 0.338 e. The van der Waals surface area contributed by atoms with Crippen LogP contribution in [0.15, 0.2) is 23.1 Å². The molecule has 6 nitrogen and oxygen atoms in total. The maximum absolute atomic E-state index is 12.2. The highest BCUT2D eigenvalue weighted by atomic mass is 32.2. The van der Waals surface area contributed by atoms with Gasteiger partial charge in [-0.05, 0) is 43.4 Å². The van der Waals surface area contributed by atoms with E-state index >= 15 is 0 Å². The van der Waals surface area contributed by atoms with Gasteiger partial charge in [0.05, 0.1) is 10.5 Å². The summed E-state index contributed by atoms with van der Waals surface area (Å²) in [6.45, 7) is 4.82. The third-order valence-corrected chi connectivity index (χ3v) is 5.30. The van der Waals surface area contributed by atoms with E-state index in [9.17, 15) is 18.0 Å². The van der Waals surface area contributed by atoms with E-state index in [-0.39, 0.29) is 23.0 Å². The first-order chi connectivity index (χ1) is 11.2. The number of sulfone groups is 1. The van der Waals surface area contributed by atoms with Gasteiger partial charge in [-0.2, -0.15) is 0 Å². The average molecular weight is 353 g/mol. The number of carbonyl (C=O) groups excluding carboxylic acids is 2. The lowest BCUT2D eigenvalue weighted by molar-refractivity contribution is -0.136. The van der Waals surface area contributed by atoms with Crippen LogP contribution in [-0.2, 0) is 19.4 Å². The Balaban J connectivity index is 2.03. The topological polar surface area (TPSA) is 80.7 Å². The molecule has 0 unspecified atom stereocenters. The van der Waals surface area contributed by atoms with Crippen LogP contribution in [0.5, 0.6) is 0 Å². The number of carbonyl (C=O) groups is 2. The quantitative estimate of drug-likeness (QED) is 0.771. The van der Waals surface area contributed by atoms with Crippen molar-refractivity contribution in [3.63, 3.8) is 0 Å². The van der Waals surface area contributed by atoms with E-state index in [2.05, 4.69) is 6.92 Å². The SMILES string of the molecule is Cc1ccc(S(C)(=O)=O)cc1C(=O)OCC(=O)N1CCC[C@@H](C)C1. The van der Waals surface area contributed by atoms with Gasteiger partial charge in [0.25, 0.3) is 5.91 Å². The summed E-state index contributed by atoms with van der Waals surface area (Å²) >= 11 is 0. The number of piperidine rings is 1. The van der Waals surface area contributed by atoms with Gasteiger partial charge >= 0.3 is 5.97 Å². The molecule has 1 atom stereocenters. The number of hydrogen-bond donors (Lipinski definition) is 0. The fourth-order valence-corrected chi connectivity index (χ4v) is 3.41. The molecule has 0 aliphatic carbocycles. The summed E-state index contributed by atoms with van der Waals surface area (Å²) in [7, 11) is -3.41. The highest BCUT2D eigenvalue weighted by Crippen LogP contribution is 2.18. The highest BCUT2D eigenvalue weighted by molar-refractivity contribution is 7.90. The molecule has 7 heteroatoms. The van der Waals surface area contributed by atoms with Crippen molar-refractivity contribution in [2.45, 2.75) is 31.6 Å². The molecule has 0 radical (unpaired) electrons. The standard InChI is InChI=1S/C17H23NO5S/c1-12-5-4-8-18(10-12)16(19)11-23-17(20)15-9-14(24(3,21)22)7-6-13(15)2/h6-7,9,12H,4-5,8,10-11H2,1-3H3/t12-/m1/s1. The predicted octanol–water partition coefficient (Wildman–Crippen LogP) is 1.81. The molecule has 0 N–H and O–H groups in total. The van der Waals surface area contributed by atoms with Crippen LogP contribution in [0.4, 0.5) is 0 Å². The van der Waals surface area contributed by atoms with Gasteiger partial charge in [-0.1, -0.05) is 13.0 Å². The van der Waals surface area contributed by atoms with E-state index in [0.717, 1.165) is 19.1 Å². The van der Waals surface area contributed by atoms with E-state index < -0.39 is 15.8 Å². The van der Waals surface area contributed by atoms with Crippen molar-refractivity contribution in [2.24, 2.45) is 5.92 Å². The van der Waals surface area contributed by atoms with Gasteiger partial charge in [0.15, 0.2) is 16.4 Å². The zero-order valence-electron chi connectivity index (χ0n) is 14.2. The van der Waals surface area contributed by atoms with Crippen LogP contribution in [0.3, 0.4) is 0 Å². The minimum Gasteiger partial charge on any atom is -0.452 e. The largest absolute Gasteiger partial charge is 0.452 e. The fourth-order valence-electron chi connectivity index (χ4n) is 2.76. The molecular formula is C17H23NO5S. The summed E-state index contributed by atoms with van der Waals surface area (Å²) in [5.74, 6) is -0.449. The molecule has 1 heterocycles. The van der Waals surface area contributed by atoms with Crippen molar-refractivity contribution in [1.29, 1.82) is 0 Å². The molecule has 0 bridgehead atoms. The lowest BCUT2D eigenvalue weighted by atomic mass is 10.0. The lowest BCUT2D eigenvalue weighted by Gasteiger charge is -2.30. The first-order valence-electron chi connectivity index (χ1n) is 7.94. The smallest absolute Gasteiger partial charge is 0.338 e. The number of amides is 1. The Labute approximate surface area is 142 Å². The summed E-state index contributed by atoms with van der Waals surface area (Å²) in [6.07, 6.45) is 3.13. The van der Waals surface area contributed by atoms with Crippen LogP contribution < -0.4 is 0 Å². The number of benzene rings is 1. The summed E-state index contributed by atoms with van der Waals surface area (Å²) in [6, 6.07) is 4.29. The molecule has 1 aromatic carbocycles. The monoisotopic (exact) mass is 353 g/mol. The number of esters is 1. The van der Waals surface area contributed by atoms with Crippen LogP contribution >= 0.6 is 0 Å². The number of hydrogen-bond acceptors (Lipinski definition) is 5. The van der Waals surface area contributed by atoms with Gasteiger partial charge in [0.1, 0.15) is 0 Å². The van der Waals surface area contributed by atoms with E-state index in [1.165, 1.54) is 12.1 Å². The number of aryl methyl sites for hydroxylation is 1. The zero-order valence-corrected chi connectivity index (χ0v) is 15.1. The molecule has 24 heavy (non-hydrogen) atoms. The Bertz CT molecular complexity index is 741. The Morgan fingerprint density at radius 3 is 2.67 bits per heavy atom. The van der Waals surface area contributed by atoms with Crippen LogP contribution in [0.2, 0.25) is 0 Å². The van der Waals surface area contributed by atoms with Crippen molar-refractivity contribution in [3.8, 4) is 0 Å². The molecule has 0 spiro atoms. The molecule has 0 saturated carbocycles. The maximum atomic E-state index is 12.2. The second kappa shape index (κ2) is 7.34. The average Bonchev–Trinajstić information content (AvgIpc) is 2.51. The van der Waals surface area contributed by atoms with Crippen LogP contribution in [0.1, 0.15) is 35.7 Å². The van der Waals surface area contributed by atoms with E-state index in [1.54, 1.807) is 17.9 Å². The molecule has 1 aliphatic rings. The van der Waals surface area contributed by atoms with Crippen molar-refractivity contribution < 1.29 is 22.7 Å². The van der Waals surface area contributed by atoms with E-state index in [1.807, 2.05) is 0 Å². The third kappa shape index (κ3) is 4.56. The molecule has 1 aliphatic heterocycles. The first kappa shape index (κ1) is 18.4. The summed E-state index contributed by atoms with van der Waals surface area (Å²) < 4.78 is 28.3. The lowest BCUT2D eigenvalue weighted by Crippen LogP contribution is -2.41.